The van der Waals surface area contributed by atoms with Crippen LogP contribution in [-0.2, 0) is 6.18 Å². The van der Waals surface area contributed by atoms with Gasteiger partial charge in [-0.1, -0.05) is 22.0 Å². The molecule has 1 aromatic carbocycles. The highest BCUT2D eigenvalue weighted by Gasteiger charge is 2.33. The molecule has 132 valence electrons. The second kappa shape index (κ2) is 8.19. The third-order valence-corrected chi connectivity index (χ3v) is 5.28. The van der Waals surface area contributed by atoms with Crippen molar-refractivity contribution >= 4 is 39.7 Å². The van der Waals surface area contributed by atoms with Gasteiger partial charge in [-0.3, -0.25) is 4.90 Å². The molecular formula is C16H17BrClF3N2S. The predicted molar refractivity (Wildman–Crippen MR) is 97.0 cm³/mol. The van der Waals surface area contributed by atoms with E-state index in [2.05, 4.69) is 26.1 Å². The number of halogens is 5. The first kappa shape index (κ1) is 19.7. The van der Waals surface area contributed by atoms with E-state index in [0.29, 0.717) is 10.0 Å². The van der Waals surface area contributed by atoms with Crippen LogP contribution in [0.3, 0.4) is 0 Å². The molecule has 0 amide bonds. The van der Waals surface area contributed by atoms with Gasteiger partial charge in [-0.2, -0.15) is 13.2 Å². The van der Waals surface area contributed by atoms with Gasteiger partial charge in [-0.15, -0.1) is 23.7 Å². The summed E-state index contributed by atoms with van der Waals surface area (Å²) in [7, 11) is 0. The van der Waals surface area contributed by atoms with Crippen molar-refractivity contribution in [2.45, 2.75) is 12.2 Å². The average molecular weight is 442 g/mol. The van der Waals surface area contributed by atoms with Crippen LogP contribution in [0.1, 0.15) is 22.0 Å². The molecule has 0 saturated carbocycles. The zero-order valence-corrected chi connectivity index (χ0v) is 15.9. The first-order valence-corrected chi connectivity index (χ1v) is 8.98. The first-order valence-electron chi connectivity index (χ1n) is 7.31. The Bertz CT molecular complexity index is 658. The predicted octanol–water partition coefficient (Wildman–Crippen LogP) is 4.95. The minimum atomic E-state index is -4.35. The molecule has 3 rings (SSSR count). The summed E-state index contributed by atoms with van der Waals surface area (Å²) in [6.45, 7) is 3.33. The van der Waals surface area contributed by atoms with Crippen LogP contribution < -0.4 is 5.32 Å². The van der Waals surface area contributed by atoms with Gasteiger partial charge in [0.05, 0.1) is 11.6 Å². The van der Waals surface area contributed by atoms with Crippen LogP contribution in [-0.4, -0.2) is 31.1 Å². The van der Waals surface area contributed by atoms with Crippen molar-refractivity contribution in [3.05, 3.63) is 56.2 Å². The molecule has 1 aliphatic rings. The fourth-order valence-corrected chi connectivity index (χ4v) is 4.27. The van der Waals surface area contributed by atoms with E-state index in [9.17, 15) is 13.2 Å². The van der Waals surface area contributed by atoms with Crippen LogP contribution in [0.25, 0.3) is 0 Å². The third kappa shape index (κ3) is 4.52. The molecule has 0 bridgehead atoms. The van der Waals surface area contributed by atoms with Crippen LogP contribution in [0.15, 0.2) is 40.2 Å². The van der Waals surface area contributed by atoms with Crippen molar-refractivity contribution in [1.82, 2.24) is 10.2 Å². The van der Waals surface area contributed by atoms with Gasteiger partial charge in [0.15, 0.2) is 0 Å². The minimum Gasteiger partial charge on any atom is -0.314 e. The summed E-state index contributed by atoms with van der Waals surface area (Å²) in [5.41, 5.74) is 0.0645. The molecule has 1 aliphatic heterocycles. The van der Waals surface area contributed by atoms with E-state index in [0.717, 1.165) is 37.1 Å². The Hall–Kier alpha value is -0.600. The smallest absolute Gasteiger partial charge is 0.314 e. The maximum absolute atomic E-state index is 13.2. The lowest BCUT2D eigenvalue weighted by atomic mass is 10.00. The zero-order valence-electron chi connectivity index (χ0n) is 12.6. The molecule has 1 aromatic heterocycles. The summed E-state index contributed by atoms with van der Waals surface area (Å²) >= 11 is 4.81. The number of benzene rings is 1. The van der Waals surface area contributed by atoms with Gasteiger partial charge in [0, 0.05) is 35.5 Å². The normalized spacial score (nSPS) is 17.3. The number of hydrogen-bond donors (Lipinski definition) is 1. The van der Waals surface area contributed by atoms with Crippen molar-refractivity contribution in [3.63, 3.8) is 0 Å². The molecule has 8 heteroatoms. The highest BCUT2D eigenvalue weighted by atomic mass is 79.9. The molecule has 0 radical (unpaired) electrons. The van der Waals surface area contributed by atoms with Gasteiger partial charge in [0.25, 0.3) is 0 Å². The zero-order chi connectivity index (χ0) is 16.4. The van der Waals surface area contributed by atoms with Crippen LogP contribution in [0.5, 0.6) is 0 Å². The van der Waals surface area contributed by atoms with Crippen LogP contribution in [0.4, 0.5) is 13.2 Å². The Morgan fingerprint density at radius 2 is 1.88 bits per heavy atom. The number of nitrogens with zero attached hydrogens (tertiary/aromatic N) is 1. The lowest BCUT2D eigenvalue weighted by Crippen LogP contribution is -2.45. The van der Waals surface area contributed by atoms with E-state index in [-0.39, 0.29) is 18.4 Å². The fraction of sp³-hybridized carbons (Fsp3) is 0.375. The second-order valence-electron chi connectivity index (χ2n) is 5.47. The molecule has 1 atom stereocenters. The topological polar surface area (TPSA) is 15.3 Å². The Balaban J connectivity index is 0.00000208. The summed E-state index contributed by atoms with van der Waals surface area (Å²) in [6.07, 6.45) is -4.35. The number of hydrogen-bond acceptors (Lipinski definition) is 3. The number of nitrogens with one attached hydrogen (secondary N) is 1. The highest BCUT2D eigenvalue weighted by molar-refractivity contribution is 9.10. The van der Waals surface area contributed by atoms with Gasteiger partial charge in [0.2, 0.25) is 0 Å². The van der Waals surface area contributed by atoms with Crippen molar-refractivity contribution in [2.75, 3.05) is 26.2 Å². The van der Waals surface area contributed by atoms with Crippen LogP contribution in [0, 0.1) is 0 Å². The Kier molecular flexibility index (Phi) is 6.73. The van der Waals surface area contributed by atoms with Crippen molar-refractivity contribution in [2.24, 2.45) is 0 Å². The van der Waals surface area contributed by atoms with Gasteiger partial charge < -0.3 is 5.32 Å². The van der Waals surface area contributed by atoms with Crippen molar-refractivity contribution in [1.29, 1.82) is 0 Å². The maximum Gasteiger partial charge on any atom is 0.416 e. The van der Waals surface area contributed by atoms with Crippen molar-refractivity contribution < 1.29 is 13.2 Å². The summed E-state index contributed by atoms with van der Waals surface area (Å²) in [5, 5.41) is 5.25. The summed E-state index contributed by atoms with van der Waals surface area (Å²) in [5.74, 6) is 0. The lowest BCUT2D eigenvalue weighted by Gasteiger charge is -2.35. The van der Waals surface area contributed by atoms with E-state index in [1.54, 1.807) is 17.4 Å². The third-order valence-electron chi connectivity index (χ3n) is 3.89. The standard InChI is InChI=1S/C16H16BrF3N2S.ClH/c17-13-9-11(8-12(10-13)16(18,19)20)15(14-2-1-7-23-14)22-5-3-21-4-6-22;/h1-2,7-10,15,21H,3-6H2;1H/t15-;/m0./s1. The second-order valence-corrected chi connectivity index (χ2v) is 7.37. The molecule has 2 nitrogen and oxygen atoms in total. The summed E-state index contributed by atoms with van der Waals surface area (Å²) < 4.78 is 39.9. The molecule has 0 spiro atoms. The largest absolute Gasteiger partial charge is 0.416 e. The molecule has 0 unspecified atom stereocenters. The molecule has 1 saturated heterocycles. The van der Waals surface area contributed by atoms with Gasteiger partial charge in [-0.05, 0) is 35.2 Å². The Morgan fingerprint density at radius 1 is 1.17 bits per heavy atom. The van der Waals surface area contributed by atoms with E-state index < -0.39 is 11.7 Å². The fourth-order valence-electron chi connectivity index (χ4n) is 2.88. The average Bonchev–Trinajstić information content (AvgIpc) is 3.01. The molecule has 1 fully saturated rings. The highest BCUT2D eigenvalue weighted by Crippen LogP contribution is 2.38. The molecular weight excluding hydrogens is 425 g/mol. The monoisotopic (exact) mass is 440 g/mol. The number of alkyl halides is 3. The summed E-state index contributed by atoms with van der Waals surface area (Å²) in [6, 6.07) is 7.99. The number of thiophene rings is 1. The molecule has 0 aliphatic carbocycles. The minimum absolute atomic E-state index is 0. The Labute approximate surface area is 157 Å². The van der Waals surface area contributed by atoms with Gasteiger partial charge in [0.1, 0.15) is 0 Å². The number of piperazine rings is 1. The maximum atomic E-state index is 13.2. The molecule has 1 N–H and O–H groups in total. The molecule has 2 aromatic rings. The first-order chi connectivity index (χ1) is 10.9. The number of rotatable bonds is 3. The lowest BCUT2D eigenvalue weighted by molar-refractivity contribution is -0.137. The van der Waals surface area contributed by atoms with Crippen molar-refractivity contribution in [3.8, 4) is 0 Å². The van der Waals surface area contributed by atoms with E-state index in [1.165, 1.54) is 6.07 Å². The van der Waals surface area contributed by atoms with E-state index >= 15 is 0 Å². The van der Waals surface area contributed by atoms with E-state index in [4.69, 9.17) is 0 Å². The Morgan fingerprint density at radius 3 is 2.46 bits per heavy atom. The van der Waals surface area contributed by atoms with Crippen LogP contribution >= 0.6 is 39.7 Å². The van der Waals surface area contributed by atoms with Gasteiger partial charge >= 0.3 is 6.18 Å². The van der Waals surface area contributed by atoms with Gasteiger partial charge in [-0.25, -0.2) is 0 Å². The van der Waals surface area contributed by atoms with Crippen LogP contribution in [0.2, 0.25) is 0 Å². The molecule has 24 heavy (non-hydrogen) atoms. The quantitative estimate of drug-likeness (QED) is 0.725. The SMILES string of the molecule is Cl.FC(F)(F)c1cc(Br)cc([C@@H](c2cccs2)N2CCNCC2)c1. The molecule has 2 heterocycles. The van der Waals surface area contributed by atoms with E-state index in [1.807, 2.05) is 17.5 Å². The summed E-state index contributed by atoms with van der Waals surface area (Å²) in [4.78, 5) is 3.31.